The first kappa shape index (κ1) is 13.2. The van der Waals surface area contributed by atoms with E-state index in [1.165, 1.54) is 19.1 Å². The van der Waals surface area contributed by atoms with E-state index in [2.05, 4.69) is 0 Å². The van der Waals surface area contributed by atoms with Crippen molar-refractivity contribution in [2.75, 3.05) is 0 Å². The largest absolute Gasteiger partial charge is 0.489 e. The first-order valence-electron chi connectivity index (χ1n) is 5.74. The van der Waals surface area contributed by atoms with E-state index in [1.54, 1.807) is 24.3 Å². The summed E-state index contributed by atoms with van der Waals surface area (Å²) in [6, 6.07) is 10.4. The maximum Gasteiger partial charge on any atom is 0.165 e. The van der Waals surface area contributed by atoms with E-state index < -0.39 is 11.6 Å². The highest BCUT2D eigenvalue weighted by atomic mass is 19.2. The van der Waals surface area contributed by atoms with Crippen LogP contribution in [-0.2, 0) is 6.61 Å². The zero-order chi connectivity index (χ0) is 13.8. The number of Topliss-reactive ketones (excluding diaryl/α,β-unsaturated/α-hetero) is 1. The SMILES string of the molecule is CC(=O)c1ccc(OCc2cccc(F)c2F)cc1. The summed E-state index contributed by atoms with van der Waals surface area (Å²) in [6.45, 7) is 1.40. The van der Waals surface area contributed by atoms with Gasteiger partial charge in [-0.3, -0.25) is 4.79 Å². The van der Waals surface area contributed by atoms with Gasteiger partial charge in [-0.15, -0.1) is 0 Å². The van der Waals surface area contributed by atoms with Crippen molar-refractivity contribution >= 4 is 5.78 Å². The second kappa shape index (κ2) is 5.61. The van der Waals surface area contributed by atoms with Gasteiger partial charge in [-0.05, 0) is 37.3 Å². The molecule has 0 saturated carbocycles. The molecule has 0 aromatic heterocycles. The van der Waals surface area contributed by atoms with Crippen LogP contribution in [0.5, 0.6) is 5.75 Å². The van der Waals surface area contributed by atoms with Gasteiger partial charge < -0.3 is 4.74 Å². The van der Waals surface area contributed by atoms with Crippen molar-refractivity contribution in [3.8, 4) is 5.75 Å². The van der Waals surface area contributed by atoms with Gasteiger partial charge in [0.25, 0.3) is 0 Å². The Bertz CT molecular complexity index is 592. The van der Waals surface area contributed by atoms with Crippen LogP contribution in [0.4, 0.5) is 8.78 Å². The second-order valence-electron chi connectivity index (χ2n) is 4.08. The molecule has 2 aromatic rings. The van der Waals surface area contributed by atoms with Crippen LogP contribution in [0.2, 0.25) is 0 Å². The van der Waals surface area contributed by atoms with Gasteiger partial charge in [-0.25, -0.2) is 8.78 Å². The Labute approximate surface area is 109 Å². The zero-order valence-corrected chi connectivity index (χ0v) is 10.3. The molecule has 0 amide bonds. The molecule has 0 fully saturated rings. The third kappa shape index (κ3) is 3.16. The molecule has 0 atom stereocenters. The molecule has 0 aliphatic heterocycles. The number of ether oxygens (including phenoxy) is 1. The van der Waals surface area contributed by atoms with Gasteiger partial charge in [-0.1, -0.05) is 12.1 Å². The number of carbonyl (C=O) groups is 1. The van der Waals surface area contributed by atoms with Crippen LogP contribution in [0.3, 0.4) is 0 Å². The molecule has 2 rings (SSSR count). The fourth-order valence-corrected chi connectivity index (χ4v) is 1.61. The molecular weight excluding hydrogens is 250 g/mol. The third-order valence-electron chi connectivity index (χ3n) is 2.69. The van der Waals surface area contributed by atoms with Gasteiger partial charge in [0.05, 0.1) is 0 Å². The molecule has 2 aromatic carbocycles. The Morgan fingerprint density at radius 2 is 1.79 bits per heavy atom. The van der Waals surface area contributed by atoms with Crippen molar-refractivity contribution in [3.05, 3.63) is 65.2 Å². The van der Waals surface area contributed by atoms with Crippen molar-refractivity contribution in [1.29, 1.82) is 0 Å². The average molecular weight is 262 g/mol. The van der Waals surface area contributed by atoms with E-state index in [0.717, 1.165) is 6.07 Å². The van der Waals surface area contributed by atoms with E-state index in [-0.39, 0.29) is 18.0 Å². The van der Waals surface area contributed by atoms with Crippen LogP contribution in [0.25, 0.3) is 0 Å². The molecule has 0 N–H and O–H groups in total. The number of ketones is 1. The Kier molecular flexibility index (Phi) is 3.90. The molecule has 98 valence electrons. The highest BCUT2D eigenvalue weighted by Gasteiger charge is 2.08. The van der Waals surface area contributed by atoms with Crippen LogP contribution >= 0.6 is 0 Å². The summed E-state index contributed by atoms with van der Waals surface area (Å²) >= 11 is 0. The molecule has 0 radical (unpaired) electrons. The van der Waals surface area contributed by atoms with E-state index in [0.29, 0.717) is 11.3 Å². The minimum Gasteiger partial charge on any atom is -0.489 e. The lowest BCUT2D eigenvalue weighted by Crippen LogP contribution is -2.00. The van der Waals surface area contributed by atoms with Crippen LogP contribution in [0.15, 0.2) is 42.5 Å². The topological polar surface area (TPSA) is 26.3 Å². The van der Waals surface area contributed by atoms with Crippen molar-refractivity contribution in [3.63, 3.8) is 0 Å². The highest BCUT2D eigenvalue weighted by Crippen LogP contribution is 2.17. The van der Waals surface area contributed by atoms with E-state index in [9.17, 15) is 13.6 Å². The summed E-state index contributed by atoms with van der Waals surface area (Å²) in [5.41, 5.74) is 0.722. The molecule has 19 heavy (non-hydrogen) atoms. The molecule has 0 saturated heterocycles. The van der Waals surface area contributed by atoms with Crippen molar-refractivity contribution < 1.29 is 18.3 Å². The molecular formula is C15H12F2O2. The molecule has 0 bridgehead atoms. The molecule has 0 spiro atoms. The fraction of sp³-hybridized carbons (Fsp3) is 0.133. The Balaban J connectivity index is 2.06. The van der Waals surface area contributed by atoms with Crippen LogP contribution in [0.1, 0.15) is 22.8 Å². The Hall–Kier alpha value is -2.23. The normalized spacial score (nSPS) is 10.3. The summed E-state index contributed by atoms with van der Waals surface area (Å²) in [7, 11) is 0. The summed E-state index contributed by atoms with van der Waals surface area (Å²) < 4.78 is 31.7. The third-order valence-corrected chi connectivity index (χ3v) is 2.69. The van der Waals surface area contributed by atoms with Crippen molar-refractivity contribution in [1.82, 2.24) is 0 Å². The minimum atomic E-state index is -0.900. The Morgan fingerprint density at radius 1 is 1.11 bits per heavy atom. The Morgan fingerprint density at radius 3 is 2.42 bits per heavy atom. The number of hydrogen-bond donors (Lipinski definition) is 0. The average Bonchev–Trinajstić information content (AvgIpc) is 2.41. The van der Waals surface area contributed by atoms with Crippen LogP contribution in [-0.4, -0.2) is 5.78 Å². The van der Waals surface area contributed by atoms with Gasteiger partial charge in [0, 0.05) is 11.1 Å². The summed E-state index contributed by atoms with van der Waals surface area (Å²) in [4.78, 5) is 11.1. The monoisotopic (exact) mass is 262 g/mol. The molecule has 0 heterocycles. The zero-order valence-electron chi connectivity index (χ0n) is 10.3. The van der Waals surface area contributed by atoms with E-state index >= 15 is 0 Å². The predicted octanol–water partition coefficient (Wildman–Crippen LogP) is 3.75. The van der Waals surface area contributed by atoms with Gasteiger partial charge in [0.1, 0.15) is 12.4 Å². The molecule has 4 heteroatoms. The minimum absolute atomic E-state index is 0.0391. The molecule has 0 aliphatic carbocycles. The first-order chi connectivity index (χ1) is 9.08. The highest BCUT2D eigenvalue weighted by molar-refractivity contribution is 5.94. The quantitative estimate of drug-likeness (QED) is 0.784. The summed E-state index contributed by atoms with van der Waals surface area (Å²) in [6.07, 6.45) is 0. The maximum atomic E-state index is 13.4. The predicted molar refractivity (Wildman–Crippen MR) is 67.1 cm³/mol. The molecule has 0 aliphatic rings. The van der Waals surface area contributed by atoms with Gasteiger partial charge in [0.15, 0.2) is 17.4 Å². The van der Waals surface area contributed by atoms with Gasteiger partial charge >= 0.3 is 0 Å². The van der Waals surface area contributed by atoms with E-state index in [4.69, 9.17) is 4.74 Å². The lowest BCUT2D eigenvalue weighted by Gasteiger charge is -2.07. The van der Waals surface area contributed by atoms with E-state index in [1.807, 2.05) is 0 Å². The number of hydrogen-bond acceptors (Lipinski definition) is 2. The molecule has 0 unspecified atom stereocenters. The lowest BCUT2D eigenvalue weighted by atomic mass is 10.1. The summed E-state index contributed by atoms with van der Waals surface area (Å²) in [5, 5.41) is 0. The first-order valence-corrected chi connectivity index (χ1v) is 5.74. The fourth-order valence-electron chi connectivity index (χ4n) is 1.61. The van der Waals surface area contributed by atoms with Crippen molar-refractivity contribution in [2.45, 2.75) is 13.5 Å². The van der Waals surface area contributed by atoms with Gasteiger partial charge in [0.2, 0.25) is 0 Å². The second-order valence-corrected chi connectivity index (χ2v) is 4.08. The summed E-state index contributed by atoms with van der Waals surface area (Å²) in [5.74, 6) is -1.34. The molecule has 2 nitrogen and oxygen atoms in total. The number of carbonyl (C=O) groups excluding carboxylic acids is 1. The lowest BCUT2D eigenvalue weighted by molar-refractivity contribution is 0.101. The number of rotatable bonds is 4. The maximum absolute atomic E-state index is 13.4. The van der Waals surface area contributed by atoms with Crippen molar-refractivity contribution in [2.24, 2.45) is 0 Å². The standard InChI is InChI=1S/C15H12F2O2/c1-10(18)11-5-7-13(8-6-11)19-9-12-3-2-4-14(16)15(12)17/h2-8H,9H2,1H3. The van der Waals surface area contributed by atoms with Gasteiger partial charge in [-0.2, -0.15) is 0 Å². The number of benzene rings is 2. The van der Waals surface area contributed by atoms with Crippen LogP contribution in [0, 0.1) is 11.6 Å². The smallest absolute Gasteiger partial charge is 0.165 e. The number of halogens is 2. The van der Waals surface area contributed by atoms with Crippen LogP contribution < -0.4 is 4.74 Å².